The van der Waals surface area contributed by atoms with Gasteiger partial charge in [0.2, 0.25) is 5.91 Å². The van der Waals surface area contributed by atoms with Gasteiger partial charge >= 0.3 is 0 Å². The van der Waals surface area contributed by atoms with Gasteiger partial charge in [0.15, 0.2) is 0 Å². The summed E-state index contributed by atoms with van der Waals surface area (Å²) in [5, 5.41) is 13.2. The van der Waals surface area contributed by atoms with Crippen LogP contribution in [0.5, 0.6) is 5.75 Å². The van der Waals surface area contributed by atoms with E-state index in [9.17, 15) is 9.90 Å². The van der Waals surface area contributed by atoms with Crippen molar-refractivity contribution in [2.24, 2.45) is 0 Å². The number of ether oxygens (including phenoxy) is 1. The topological polar surface area (TPSA) is 74.4 Å². The first-order valence-corrected chi connectivity index (χ1v) is 8.77. The molecule has 3 N–H and O–H groups in total. The number of aliphatic hydroxyl groups excluding tert-OH is 1. The Hall–Kier alpha value is -2.79. The zero-order chi connectivity index (χ0) is 18.5. The molecule has 2 aromatic carbocycles. The number of hydrogen-bond acceptors (Lipinski definition) is 3. The molecule has 1 heterocycles. The molecule has 0 bridgehead atoms. The van der Waals surface area contributed by atoms with E-state index >= 15 is 0 Å². The van der Waals surface area contributed by atoms with E-state index < -0.39 is 6.10 Å². The number of amides is 1. The highest BCUT2D eigenvalue weighted by molar-refractivity contribution is 5.91. The number of aliphatic hydroxyl groups is 1. The van der Waals surface area contributed by atoms with Gasteiger partial charge in [0.1, 0.15) is 5.75 Å². The molecule has 3 rings (SSSR count). The molecule has 0 saturated heterocycles. The Kier molecular flexibility index (Phi) is 5.58. The van der Waals surface area contributed by atoms with Gasteiger partial charge in [-0.15, -0.1) is 0 Å². The number of aryl methyl sites for hydroxylation is 1. The van der Waals surface area contributed by atoms with Crippen LogP contribution in [0.3, 0.4) is 0 Å². The van der Waals surface area contributed by atoms with Crippen LogP contribution in [0.25, 0.3) is 22.2 Å². The monoisotopic (exact) mass is 352 g/mol. The van der Waals surface area contributed by atoms with Crippen molar-refractivity contribution in [3.05, 3.63) is 54.1 Å². The number of benzene rings is 2. The number of para-hydroxylation sites is 1. The summed E-state index contributed by atoms with van der Waals surface area (Å²) in [4.78, 5) is 15.5. The summed E-state index contributed by atoms with van der Waals surface area (Å²) in [6.45, 7) is 1.93. The van der Waals surface area contributed by atoms with Gasteiger partial charge in [0, 0.05) is 29.6 Å². The van der Waals surface area contributed by atoms with E-state index in [1.807, 2.05) is 42.5 Å². The number of nitrogens with one attached hydrogen (secondary N) is 2. The fraction of sp³-hybridized carbons (Fsp3) is 0.286. The highest BCUT2D eigenvalue weighted by atomic mass is 16.5. The Morgan fingerprint density at radius 3 is 2.62 bits per heavy atom. The second kappa shape index (κ2) is 8.06. The molecular weight excluding hydrogens is 328 g/mol. The number of rotatable bonds is 7. The number of H-pyrrole nitrogens is 1. The summed E-state index contributed by atoms with van der Waals surface area (Å²) in [5.74, 6) is 0.751. The van der Waals surface area contributed by atoms with Crippen molar-refractivity contribution < 1.29 is 14.6 Å². The Balaban J connectivity index is 1.88. The van der Waals surface area contributed by atoms with Crippen molar-refractivity contribution in [2.75, 3.05) is 13.7 Å². The number of carbonyl (C=O) groups excluding carboxylic acids is 1. The van der Waals surface area contributed by atoms with Crippen LogP contribution in [0.4, 0.5) is 0 Å². The number of aromatic amines is 1. The highest BCUT2D eigenvalue weighted by Crippen LogP contribution is 2.32. The van der Waals surface area contributed by atoms with Crippen molar-refractivity contribution in [3.8, 4) is 17.0 Å². The predicted octanol–water partition coefficient (Wildman–Crippen LogP) is 3.27. The summed E-state index contributed by atoms with van der Waals surface area (Å²) in [7, 11) is 1.65. The predicted molar refractivity (Wildman–Crippen MR) is 103 cm³/mol. The summed E-state index contributed by atoms with van der Waals surface area (Å²) in [5.41, 5.74) is 4.26. The second-order valence-electron chi connectivity index (χ2n) is 6.41. The molecule has 136 valence electrons. The minimum atomic E-state index is -0.540. The lowest BCUT2D eigenvalue weighted by Crippen LogP contribution is -2.30. The van der Waals surface area contributed by atoms with Crippen molar-refractivity contribution in [1.29, 1.82) is 0 Å². The summed E-state index contributed by atoms with van der Waals surface area (Å²) < 4.78 is 5.24. The maximum atomic E-state index is 12.1. The van der Waals surface area contributed by atoms with Gasteiger partial charge in [0.25, 0.3) is 0 Å². The third-order valence-electron chi connectivity index (χ3n) is 4.39. The van der Waals surface area contributed by atoms with E-state index in [1.54, 1.807) is 14.0 Å². The molecule has 0 radical (unpaired) electrons. The molecule has 1 atom stereocenters. The Labute approximate surface area is 153 Å². The van der Waals surface area contributed by atoms with Gasteiger partial charge in [-0.1, -0.05) is 18.2 Å². The number of carbonyl (C=O) groups is 1. The number of hydrogen-bond donors (Lipinski definition) is 3. The zero-order valence-electron chi connectivity index (χ0n) is 15.1. The molecule has 0 aliphatic rings. The van der Waals surface area contributed by atoms with Crippen molar-refractivity contribution in [1.82, 2.24) is 10.3 Å². The molecule has 0 fully saturated rings. The molecule has 1 aromatic heterocycles. The van der Waals surface area contributed by atoms with E-state index in [2.05, 4.69) is 16.4 Å². The maximum absolute atomic E-state index is 12.1. The first kappa shape index (κ1) is 18.0. The quantitative estimate of drug-likeness (QED) is 0.611. The van der Waals surface area contributed by atoms with Gasteiger partial charge in [-0.05, 0) is 54.8 Å². The van der Waals surface area contributed by atoms with Crippen LogP contribution >= 0.6 is 0 Å². The van der Waals surface area contributed by atoms with Gasteiger partial charge in [-0.25, -0.2) is 0 Å². The molecule has 3 aromatic rings. The Bertz CT molecular complexity index is 882. The lowest BCUT2D eigenvalue weighted by Gasteiger charge is -2.09. The van der Waals surface area contributed by atoms with E-state index in [-0.39, 0.29) is 12.5 Å². The summed E-state index contributed by atoms with van der Waals surface area (Å²) in [6, 6.07) is 16.0. The van der Waals surface area contributed by atoms with Crippen LogP contribution in [0, 0.1) is 0 Å². The van der Waals surface area contributed by atoms with Crippen LogP contribution in [-0.4, -0.2) is 35.8 Å². The zero-order valence-corrected chi connectivity index (χ0v) is 15.1. The molecule has 0 saturated carbocycles. The van der Waals surface area contributed by atoms with E-state index in [1.165, 1.54) is 0 Å². The normalized spacial score (nSPS) is 12.1. The third-order valence-corrected chi connectivity index (χ3v) is 4.39. The van der Waals surface area contributed by atoms with Crippen LogP contribution in [0.2, 0.25) is 0 Å². The molecule has 0 aliphatic heterocycles. The van der Waals surface area contributed by atoms with Gasteiger partial charge < -0.3 is 20.1 Å². The molecule has 1 amide bonds. The van der Waals surface area contributed by atoms with Crippen LogP contribution in [0.15, 0.2) is 48.5 Å². The van der Waals surface area contributed by atoms with E-state index in [4.69, 9.17) is 4.74 Å². The molecule has 5 heteroatoms. The van der Waals surface area contributed by atoms with Gasteiger partial charge in [0.05, 0.1) is 13.2 Å². The Morgan fingerprint density at radius 1 is 1.19 bits per heavy atom. The van der Waals surface area contributed by atoms with E-state index in [0.29, 0.717) is 12.8 Å². The first-order valence-electron chi connectivity index (χ1n) is 8.77. The van der Waals surface area contributed by atoms with Crippen LogP contribution in [0.1, 0.15) is 18.9 Å². The largest absolute Gasteiger partial charge is 0.497 e. The van der Waals surface area contributed by atoms with Crippen LogP contribution in [-0.2, 0) is 11.2 Å². The molecule has 1 unspecified atom stereocenters. The lowest BCUT2D eigenvalue weighted by atomic mass is 10.0. The van der Waals surface area contributed by atoms with Crippen molar-refractivity contribution in [2.45, 2.75) is 25.9 Å². The number of aromatic nitrogens is 1. The minimum absolute atomic E-state index is 0.0585. The van der Waals surface area contributed by atoms with Gasteiger partial charge in [-0.3, -0.25) is 4.79 Å². The summed E-state index contributed by atoms with van der Waals surface area (Å²) >= 11 is 0. The van der Waals surface area contributed by atoms with E-state index in [0.717, 1.165) is 33.5 Å². The fourth-order valence-electron chi connectivity index (χ4n) is 3.05. The smallest absolute Gasteiger partial charge is 0.220 e. The minimum Gasteiger partial charge on any atom is -0.497 e. The molecular formula is C21H24N2O3. The average Bonchev–Trinajstić information content (AvgIpc) is 3.03. The summed E-state index contributed by atoms with van der Waals surface area (Å²) in [6.07, 6.45) is 0.455. The molecule has 0 aliphatic carbocycles. The van der Waals surface area contributed by atoms with Crippen molar-refractivity contribution in [3.63, 3.8) is 0 Å². The van der Waals surface area contributed by atoms with Crippen LogP contribution < -0.4 is 10.1 Å². The Morgan fingerprint density at radius 2 is 1.92 bits per heavy atom. The lowest BCUT2D eigenvalue weighted by molar-refractivity contribution is -0.121. The molecule has 0 spiro atoms. The SMILES string of the molecule is COc1ccc(-c2[nH]c3ccccc3c2CCC(=O)NCC(C)O)cc1. The highest BCUT2D eigenvalue weighted by Gasteiger charge is 2.14. The number of methoxy groups -OCH3 is 1. The fourth-order valence-corrected chi connectivity index (χ4v) is 3.05. The average molecular weight is 352 g/mol. The number of fused-ring (bicyclic) bond motifs is 1. The third kappa shape index (κ3) is 4.06. The van der Waals surface area contributed by atoms with Crippen molar-refractivity contribution >= 4 is 16.8 Å². The van der Waals surface area contributed by atoms with Gasteiger partial charge in [-0.2, -0.15) is 0 Å². The second-order valence-corrected chi connectivity index (χ2v) is 6.41. The standard InChI is InChI=1S/C21H24N2O3/c1-14(24)13-22-20(25)12-11-18-17-5-3-4-6-19(17)23-21(18)15-7-9-16(26-2)10-8-15/h3-10,14,23-24H,11-13H2,1-2H3,(H,22,25). The first-order chi connectivity index (χ1) is 12.6. The maximum Gasteiger partial charge on any atom is 0.220 e. The molecule has 5 nitrogen and oxygen atoms in total. The molecule has 26 heavy (non-hydrogen) atoms.